The molecular formula is C18H23N5OS. The van der Waals surface area contributed by atoms with Crippen LogP contribution < -0.4 is 0 Å². The van der Waals surface area contributed by atoms with E-state index in [0.717, 1.165) is 37.7 Å². The average Bonchev–Trinajstić information content (AvgIpc) is 3.40. The van der Waals surface area contributed by atoms with Gasteiger partial charge >= 0.3 is 0 Å². The van der Waals surface area contributed by atoms with Gasteiger partial charge in [0.25, 0.3) is 0 Å². The predicted octanol–water partition coefficient (Wildman–Crippen LogP) is 2.01. The molecule has 25 heavy (non-hydrogen) atoms. The van der Waals surface area contributed by atoms with Gasteiger partial charge in [0.2, 0.25) is 11.1 Å². The molecule has 2 aliphatic rings. The first kappa shape index (κ1) is 16.6. The molecule has 1 saturated carbocycles. The maximum atomic E-state index is 12.4. The highest BCUT2D eigenvalue weighted by atomic mass is 32.2. The van der Waals surface area contributed by atoms with E-state index in [1.807, 2.05) is 39.9 Å². The van der Waals surface area contributed by atoms with E-state index in [-0.39, 0.29) is 5.91 Å². The zero-order valence-electron chi connectivity index (χ0n) is 14.5. The summed E-state index contributed by atoms with van der Waals surface area (Å²) in [6.07, 6.45) is 2.35. The van der Waals surface area contributed by atoms with Gasteiger partial charge in [-0.15, -0.1) is 5.10 Å². The van der Waals surface area contributed by atoms with Crippen molar-refractivity contribution in [3.8, 4) is 5.69 Å². The molecule has 1 amide bonds. The Hall–Kier alpha value is -1.86. The van der Waals surface area contributed by atoms with Crippen molar-refractivity contribution in [2.75, 3.05) is 39.0 Å². The number of benzene rings is 1. The molecule has 1 aromatic carbocycles. The number of aromatic nitrogens is 3. The van der Waals surface area contributed by atoms with Crippen molar-refractivity contribution in [3.05, 3.63) is 36.2 Å². The van der Waals surface area contributed by atoms with E-state index in [9.17, 15) is 4.79 Å². The lowest BCUT2D eigenvalue weighted by molar-refractivity contribution is -0.129. The van der Waals surface area contributed by atoms with Crippen LogP contribution in [0.3, 0.4) is 0 Å². The number of hydrogen-bond donors (Lipinski definition) is 0. The average molecular weight is 357 g/mol. The van der Waals surface area contributed by atoms with Crippen molar-refractivity contribution in [1.82, 2.24) is 24.6 Å². The van der Waals surface area contributed by atoms with Crippen LogP contribution in [0.1, 0.15) is 24.6 Å². The zero-order valence-corrected chi connectivity index (χ0v) is 15.3. The molecule has 1 aromatic heterocycles. The molecule has 1 aliphatic carbocycles. The number of piperazine rings is 1. The number of carbonyl (C=O) groups is 1. The Morgan fingerprint density at radius 3 is 2.56 bits per heavy atom. The number of thioether (sulfide) groups is 1. The Morgan fingerprint density at radius 1 is 1.16 bits per heavy atom. The van der Waals surface area contributed by atoms with Gasteiger partial charge in [-0.05, 0) is 32.0 Å². The zero-order chi connectivity index (χ0) is 17.2. The van der Waals surface area contributed by atoms with Crippen LogP contribution >= 0.6 is 11.8 Å². The van der Waals surface area contributed by atoms with E-state index in [1.54, 1.807) is 0 Å². The number of likely N-dealkylation sites (N-methyl/N-ethyl adjacent to an activating group) is 1. The molecule has 0 spiro atoms. The summed E-state index contributed by atoms with van der Waals surface area (Å²) < 4.78 is 1.94. The number of nitrogens with zero attached hydrogens (tertiary/aromatic N) is 5. The van der Waals surface area contributed by atoms with Crippen molar-refractivity contribution >= 4 is 17.7 Å². The van der Waals surface area contributed by atoms with Crippen LogP contribution in [-0.2, 0) is 4.79 Å². The molecule has 2 fully saturated rings. The maximum Gasteiger partial charge on any atom is 0.233 e. The molecule has 4 rings (SSSR count). The minimum Gasteiger partial charge on any atom is -0.339 e. The van der Waals surface area contributed by atoms with E-state index >= 15 is 0 Å². The first-order chi connectivity index (χ1) is 12.2. The van der Waals surface area contributed by atoms with Gasteiger partial charge in [0, 0.05) is 32.1 Å². The molecule has 0 N–H and O–H groups in total. The Labute approximate surface area is 152 Å². The van der Waals surface area contributed by atoms with Crippen LogP contribution in [0.4, 0.5) is 0 Å². The molecule has 0 unspecified atom stereocenters. The molecule has 1 aliphatic heterocycles. The fourth-order valence-corrected chi connectivity index (χ4v) is 3.74. The summed E-state index contributed by atoms with van der Waals surface area (Å²) in [5.41, 5.74) is 1.04. The molecule has 1 saturated heterocycles. The number of para-hydroxylation sites is 1. The highest BCUT2D eigenvalue weighted by molar-refractivity contribution is 7.99. The van der Waals surface area contributed by atoms with Crippen LogP contribution in [0.15, 0.2) is 35.5 Å². The third-order valence-corrected chi connectivity index (χ3v) is 5.56. The van der Waals surface area contributed by atoms with Gasteiger partial charge in [0.1, 0.15) is 5.82 Å². The highest BCUT2D eigenvalue weighted by Gasteiger charge is 2.30. The second kappa shape index (κ2) is 7.17. The Bertz CT molecular complexity index is 735. The van der Waals surface area contributed by atoms with Gasteiger partial charge in [-0.3, -0.25) is 4.79 Å². The van der Waals surface area contributed by atoms with Crippen molar-refractivity contribution in [3.63, 3.8) is 0 Å². The number of rotatable bonds is 5. The van der Waals surface area contributed by atoms with Crippen LogP contribution in [0.2, 0.25) is 0 Å². The van der Waals surface area contributed by atoms with Gasteiger partial charge in [-0.25, -0.2) is 9.67 Å². The molecule has 6 nitrogen and oxygen atoms in total. The normalized spacial score (nSPS) is 18.5. The number of hydrogen-bond acceptors (Lipinski definition) is 5. The molecule has 2 heterocycles. The summed E-state index contributed by atoms with van der Waals surface area (Å²) >= 11 is 1.45. The SMILES string of the molecule is CN1CCN(C(=O)CSc2nc(C3CC3)n(-c3ccccc3)n2)CC1. The lowest BCUT2D eigenvalue weighted by atomic mass is 10.3. The van der Waals surface area contributed by atoms with Gasteiger partial charge < -0.3 is 9.80 Å². The third-order valence-electron chi connectivity index (χ3n) is 4.74. The summed E-state index contributed by atoms with van der Waals surface area (Å²) in [5, 5.41) is 5.36. The minimum absolute atomic E-state index is 0.183. The lowest BCUT2D eigenvalue weighted by Crippen LogP contribution is -2.47. The van der Waals surface area contributed by atoms with Gasteiger partial charge in [0.15, 0.2) is 0 Å². The minimum atomic E-state index is 0.183. The van der Waals surface area contributed by atoms with Crippen LogP contribution in [0.5, 0.6) is 0 Å². The smallest absolute Gasteiger partial charge is 0.233 e. The molecule has 132 valence electrons. The summed E-state index contributed by atoms with van der Waals surface area (Å²) in [6, 6.07) is 10.1. The second-order valence-electron chi connectivity index (χ2n) is 6.75. The number of amides is 1. The lowest BCUT2D eigenvalue weighted by Gasteiger charge is -2.32. The monoisotopic (exact) mass is 357 g/mol. The van der Waals surface area contributed by atoms with Gasteiger partial charge in [0.05, 0.1) is 11.4 Å². The van der Waals surface area contributed by atoms with E-state index in [2.05, 4.69) is 17.0 Å². The highest BCUT2D eigenvalue weighted by Crippen LogP contribution is 2.40. The fraction of sp³-hybridized carbons (Fsp3) is 0.500. The second-order valence-corrected chi connectivity index (χ2v) is 7.69. The summed E-state index contributed by atoms with van der Waals surface area (Å²) in [6.45, 7) is 3.52. The van der Waals surface area contributed by atoms with Crippen LogP contribution in [0.25, 0.3) is 5.69 Å². The third kappa shape index (κ3) is 3.88. The van der Waals surface area contributed by atoms with Crippen molar-refractivity contribution in [2.24, 2.45) is 0 Å². The van der Waals surface area contributed by atoms with Crippen LogP contribution in [-0.4, -0.2) is 69.5 Å². The van der Waals surface area contributed by atoms with E-state index in [4.69, 9.17) is 4.98 Å². The standard InChI is InChI=1S/C18H23N5OS/c1-21-9-11-22(12-10-21)16(24)13-25-18-19-17(14-7-8-14)23(20-18)15-5-3-2-4-6-15/h2-6,14H,7-13H2,1H3. The summed E-state index contributed by atoms with van der Waals surface area (Å²) in [7, 11) is 2.09. The molecule has 0 atom stereocenters. The van der Waals surface area contributed by atoms with E-state index < -0.39 is 0 Å². The molecular weight excluding hydrogens is 334 g/mol. The summed E-state index contributed by atoms with van der Waals surface area (Å²) in [5.74, 6) is 2.13. The molecule has 7 heteroatoms. The molecule has 2 aromatic rings. The quantitative estimate of drug-likeness (QED) is 0.766. The predicted molar refractivity (Wildman–Crippen MR) is 98.1 cm³/mol. The van der Waals surface area contributed by atoms with Gasteiger partial charge in [-0.1, -0.05) is 30.0 Å². The number of carbonyl (C=O) groups excluding carboxylic acids is 1. The molecule has 0 radical (unpaired) electrons. The Balaban J connectivity index is 1.43. The van der Waals surface area contributed by atoms with Crippen molar-refractivity contribution in [2.45, 2.75) is 23.9 Å². The van der Waals surface area contributed by atoms with E-state index in [1.165, 1.54) is 24.6 Å². The Kier molecular flexibility index (Phi) is 4.76. The maximum absolute atomic E-state index is 12.4. The Morgan fingerprint density at radius 2 is 1.88 bits per heavy atom. The summed E-state index contributed by atoms with van der Waals surface area (Å²) in [4.78, 5) is 21.3. The van der Waals surface area contributed by atoms with Crippen molar-refractivity contribution < 1.29 is 4.79 Å². The fourth-order valence-electron chi connectivity index (χ4n) is 3.00. The molecule has 0 bridgehead atoms. The van der Waals surface area contributed by atoms with Crippen molar-refractivity contribution in [1.29, 1.82) is 0 Å². The first-order valence-corrected chi connectivity index (χ1v) is 9.81. The topological polar surface area (TPSA) is 54.3 Å². The van der Waals surface area contributed by atoms with Gasteiger partial charge in [-0.2, -0.15) is 0 Å². The van der Waals surface area contributed by atoms with Crippen LogP contribution in [0, 0.1) is 0 Å². The first-order valence-electron chi connectivity index (χ1n) is 8.82. The largest absolute Gasteiger partial charge is 0.339 e. The van der Waals surface area contributed by atoms with E-state index in [0.29, 0.717) is 16.8 Å².